The molecule has 234 valence electrons. The third kappa shape index (κ3) is 7.18. The molecule has 0 spiro atoms. The lowest BCUT2D eigenvalue weighted by Crippen LogP contribution is -2.54. The molecule has 6 rings (SSSR count). The summed E-state index contributed by atoms with van der Waals surface area (Å²) in [6.45, 7) is 6.77. The molecule has 7 nitrogen and oxygen atoms in total. The lowest BCUT2D eigenvalue weighted by atomic mass is 9.48. The van der Waals surface area contributed by atoms with Crippen molar-refractivity contribution in [3.63, 3.8) is 0 Å². The predicted molar refractivity (Wildman–Crippen MR) is 173 cm³/mol. The molecule has 1 atom stereocenters. The van der Waals surface area contributed by atoms with Gasteiger partial charge in [0, 0.05) is 22.1 Å². The Balaban J connectivity index is 1.40. The molecule has 0 unspecified atom stereocenters. The third-order valence-corrected chi connectivity index (χ3v) is 11.2. The van der Waals surface area contributed by atoms with Gasteiger partial charge in [0.1, 0.15) is 12.6 Å². The molecular formula is C33H43Cl2N3O4S. The summed E-state index contributed by atoms with van der Waals surface area (Å²) in [5, 5.41) is 3.73. The zero-order valence-corrected chi connectivity index (χ0v) is 28.0. The second kappa shape index (κ2) is 11.9. The molecule has 4 aliphatic carbocycles. The topological polar surface area (TPSA) is 86.8 Å². The van der Waals surface area contributed by atoms with Gasteiger partial charge in [-0.05, 0) is 125 Å². The zero-order chi connectivity index (χ0) is 31.3. The fourth-order valence-corrected chi connectivity index (χ4v) is 9.27. The van der Waals surface area contributed by atoms with E-state index in [2.05, 4.69) is 17.4 Å². The summed E-state index contributed by atoms with van der Waals surface area (Å²) >= 11 is 12.5. The zero-order valence-electron chi connectivity index (χ0n) is 25.7. The smallest absolute Gasteiger partial charge is 0.244 e. The number of halogens is 2. The van der Waals surface area contributed by atoms with Crippen LogP contribution in [0.3, 0.4) is 0 Å². The molecule has 0 aliphatic heterocycles. The normalized spacial score (nSPS) is 25.3. The van der Waals surface area contributed by atoms with E-state index in [0.29, 0.717) is 21.3 Å². The van der Waals surface area contributed by atoms with E-state index in [1.807, 2.05) is 32.9 Å². The van der Waals surface area contributed by atoms with Crippen LogP contribution in [0.1, 0.15) is 77.3 Å². The molecular weight excluding hydrogens is 605 g/mol. The first-order valence-corrected chi connectivity index (χ1v) is 17.8. The van der Waals surface area contributed by atoms with Crippen LogP contribution in [-0.4, -0.2) is 49.5 Å². The minimum absolute atomic E-state index is 0.0100. The Hall–Kier alpha value is -2.29. The number of anilines is 1. The summed E-state index contributed by atoms with van der Waals surface area (Å²) in [7, 11) is -3.82. The number of sulfonamides is 1. The standard InChI is InChI=1S/C33H43Cl2N3O4S/c1-21(31(40)36-32(2,3)4)37(19-25-6-9-27(34)15-29(25)35)30(39)20-38(43(5,41)42)28-10-7-26(8-11-28)33-16-22-12-23(17-33)14-24(13-22)18-33/h6-11,15,21-24H,12-14,16-20H2,1-5H3,(H,36,40)/t21-,22?,23?,24?,33?/m1/s1. The Kier molecular flexibility index (Phi) is 8.89. The quantitative estimate of drug-likeness (QED) is 0.334. The van der Waals surface area contributed by atoms with Crippen LogP contribution in [0.15, 0.2) is 42.5 Å². The van der Waals surface area contributed by atoms with E-state index in [9.17, 15) is 18.0 Å². The van der Waals surface area contributed by atoms with Gasteiger partial charge in [0.15, 0.2) is 0 Å². The Morgan fingerprint density at radius 2 is 1.53 bits per heavy atom. The van der Waals surface area contributed by atoms with Gasteiger partial charge < -0.3 is 10.2 Å². The van der Waals surface area contributed by atoms with E-state index in [1.165, 1.54) is 49.0 Å². The number of hydrogen-bond donors (Lipinski definition) is 1. The summed E-state index contributed by atoms with van der Waals surface area (Å²) < 4.78 is 27.3. The van der Waals surface area contributed by atoms with Crippen LogP contribution < -0.4 is 9.62 Å². The minimum Gasteiger partial charge on any atom is -0.350 e. The molecule has 0 saturated heterocycles. The van der Waals surface area contributed by atoms with Crippen molar-refractivity contribution in [3.8, 4) is 0 Å². The van der Waals surface area contributed by atoms with E-state index < -0.39 is 34.1 Å². The van der Waals surface area contributed by atoms with Crippen LogP contribution in [-0.2, 0) is 31.6 Å². The van der Waals surface area contributed by atoms with Gasteiger partial charge >= 0.3 is 0 Å². The summed E-state index contributed by atoms with van der Waals surface area (Å²) in [5.41, 5.74) is 1.97. The van der Waals surface area contributed by atoms with Crippen LogP contribution in [0.25, 0.3) is 0 Å². The Bertz CT molecular complexity index is 1450. The van der Waals surface area contributed by atoms with Crippen LogP contribution in [0.2, 0.25) is 10.0 Å². The molecule has 1 N–H and O–H groups in total. The maximum absolute atomic E-state index is 13.9. The molecule has 4 saturated carbocycles. The van der Waals surface area contributed by atoms with Crippen LogP contribution in [0.5, 0.6) is 0 Å². The first-order valence-electron chi connectivity index (χ1n) is 15.2. The second-order valence-corrected chi connectivity index (χ2v) is 16.9. The SMILES string of the molecule is C[C@H](C(=O)NC(C)(C)C)N(Cc1ccc(Cl)cc1Cl)C(=O)CN(c1ccc(C23CC4CC(CC(C4)C2)C3)cc1)S(C)(=O)=O. The van der Waals surface area contributed by atoms with Crippen molar-refractivity contribution < 1.29 is 18.0 Å². The molecule has 43 heavy (non-hydrogen) atoms. The predicted octanol–water partition coefficient (Wildman–Crippen LogP) is 6.56. The average Bonchev–Trinajstić information content (AvgIpc) is 2.88. The van der Waals surface area contributed by atoms with Crippen molar-refractivity contribution in [2.45, 2.75) is 89.8 Å². The Labute approximate surface area is 266 Å². The highest BCUT2D eigenvalue weighted by Gasteiger charge is 2.51. The number of carbonyl (C=O) groups is 2. The molecule has 0 heterocycles. The average molecular weight is 649 g/mol. The summed E-state index contributed by atoms with van der Waals surface area (Å²) in [4.78, 5) is 28.5. The molecule has 0 radical (unpaired) electrons. The van der Waals surface area contributed by atoms with Gasteiger partial charge in [-0.2, -0.15) is 0 Å². The highest BCUT2D eigenvalue weighted by Crippen LogP contribution is 2.60. The van der Waals surface area contributed by atoms with Crippen molar-refractivity contribution in [3.05, 3.63) is 63.6 Å². The van der Waals surface area contributed by atoms with Crippen molar-refractivity contribution in [1.82, 2.24) is 10.2 Å². The highest BCUT2D eigenvalue weighted by atomic mass is 35.5. The lowest BCUT2D eigenvalue weighted by molar-refractivity contribution is -0.140. The number of benzene rings is 2. The lowest BCUT2D eigenvalue weighted by Gasteiger charge is -2.57. The van der Waals surface area contributed by atoms with E-state index in [0.717, 1.165) is 28.3 Å². The van der Waals surface area contributed by atoms with Gasteiger partial charge in [0.2, 0.25) is 21.8 Å². The monoisotopic (exact) mass is 647 g/mol. The largest absolute Gasteiger partial charge is 0.350 e. The van der Waals surface area contributed by atoms with Gasteiger partial charge in [-0.1, -0.05) is 41.4 Å². The number of rotatable bonds is 9. The van der Waals surface area contributed by atoms with Crippen molar-refractivity contribution >= 4 is 50.7 Å². The fourth-order valence-electron chi connectivity index (χ4n) is 7.95. The van der Waals surface area contributed by atoms with E-state index in [4.69, 9.17) is 23.2 Å². The summed E-state index contributed by atoms with van der Waals surface area (Å²) in [6, 6.07) is 11.9. The van der Waals surface area contributed by atoms with Crippen molar-refractivity contribution in [2.75, 3.05) is 17.1 Å². The number of nitrogens with one attached hydrogen (secondary N) is 1. The van der Waals surface area contributed by atoms with E-state index in [1.54, 1.807) is 25.1 Å². The van der Waals surface area contributed by atoms with Crippen molar-refractivity contribution in [1.29, 1.82) is 0 Å². The molecule has 2 aromatic carbocycles. The number of hydrogen-bond acceptors (Lipinski definition) is 4. The van der Waals surface area contributed by atoms with E-state index >= 15 is 0 Å². The van der Waals surface area contributed by atoms with Gasteiger partial charge in [-0.15, -0.1) is 0 Å². The third-order valence-electron chi connectivity index (χ3n) is 9.51. The Morgan fingerprint density at radius 1 is 0.977 bits per heavy atom. The first kappa shape index (κ1) is 32.1. The van der Waals surface area contributed by atoms with Crippen LogP contribution in [0, 0.1) is 17.8 Å². The maximum Gasteiger partial charge on any atom is 0.244 e. The van der Waals surface area contributed by atoms with Gasteiger partial charge in [-0.25, -0.2) is 8.42 Å². The van der Waals surface area contributed by atoms with Crippen LogP contribution >= 0.6 is 23.2 Å². The Morgan fingerprint density at radius 3 is 2.02 bits per heavy atom. The first-order chi connectivity index (χ1) is 20.0. The van der Waals surface area contributed by atoms with Gasteiger partial charge in [0.25, 0.3) is 0 Å². The minimum atomic E-state index is -3.82. The van der Waals surface area contributed by atoms with Crippen LogP contribution in [0.4, 0.5) is 5.69 Å². The molecule has 4 fully saturated rings. The van der Waals surface area contributed by atoms with E-state index in [-0.39, 0.29) is 17.9 Å². The summed E-state index contributed by atoms with van der Waals surface area (Å²) in [6.07, 6.45) is 8.79. The number of carbonyl (C=O) groups excluding carboxylic acids is 2. The fraction of sp³-hybridized carbons (Fsp3) is 0.576. The summed E-state index contributed by atoms with van der Waals surface area (Å²) in [5.74, 6) is 1.53. The molecule has 0 aromatic heterocycles. The highest BCUT2D eigenvalue weighted by molar-refractivity contribution is 7.92. The number of nitrogens with zero attached hydrogens (tertiary/aromatic N) is 2. The number of amides is 2. The van der Waals surface area contributed by atoms with Gasteiger partial charge in [0.05, 0.1) is 11.9 Å². The molecule has 10 heteroatoms. The van der Waals surface area contributed by atoms with Crippen molar-refractivity contribution in [2.24, 2.45) is 17.8 Å². The van der Waals surface area contributed by atoms with Gasteiger partial charge in [-0.3, -0.25) is 13.9 Å². The molecule has 4 aliphatic rings. The maximum atomic E-state index is 13.9. The molecule has 2 amide bonds. The molecule has 4 bridgehead atoms. The second-order valence-electron chi connectivity index (χ2n) is 14.2. The molecule has 2 aromatic rings.